The number of benzene rings is 1. The van der Waals surface area contributed by atoms with E-state index in [0.29, 0.717) is 10.9 Å². The Kier molecular flexibility index (Phi) is 4.49. The number of fused-ring (bicyclic) bond motifs is 1. The summed E-state index contributed by atoms with van der Waals surface area (Å²) in [6.45, 7) is 3.83. The van der Waals surface area contributed by atoms with Gasteiger partial charge in [-0.3, -0.25) is 20.4 Å². The molecule has 110 valence electrons. The molecule has 0 aliphatic carbocycles. The van der Waals surface area contributed by atoms with E-state index >= 15 is 0 Å². The van der Waals surface area contributed by atoms with Crippen LogP contribution in [0.25, 0.3) is 10.9 Å². The first-order valence-electron chi connectivity index (χ1n) is 6.33. The summed E-state index contributed by atoms with van der Waals surface area (Å²) >= 11 is 4.97. The first-order chi connectivity index (χ1) is 9.97. The Balaban J connectivity index is 2.13. The van der Waals surface area contributed by atoms with Crippen LogP contribution in [-0.4, -0.2) is 27.0 Å². The molecule has 0 saturated carbocycles. The number of thiocarbonyl (C=S) groups is 1. The van der Waals surface area contributed by atoms with E-state index in [4.69, 9.17) is 12.2 Å². The fourth-order valence-corrected chi connectivity index (χ4v) is 1.95. The van der Waals surface area contributed by atoms with Crippen molar-refractivity contribution < 1.29 is 4.79 Å². The summed E-state index contributed by atoms with van der Waals surface area (Å²) in [5.74, 6) is -0.663. The molecule has 1 amide bonds. The van der Waals surface area contributed by atoms with Crippen LogP contribution in [0.3, 0.4) is 0 Å². The lowest BCUT2D eigenvalue weighted by Gasteiger charge is -2.13. The zero-order valence-electron chi connectivity index (χ0n) is 11.6. The van der Waals surface area contributed by atoms with Gasteiger partial charge in [0.15, 0.2) is 5.11 Å². The first kappa shape index (κ1) is 14.9. The number of hydrazine groups is 1. The molecule has 0 fully saturated rings. The average molecular weight is 305 g/mol. The summed E-state index contributed by atoms with van der Waals surface area (Å²) in [5.41, 5.74) is 5.00. The number of amides is 1. The predicted octanol–water partition coefficient (Wildman–Crippen LogP) is 0.440. The molecule has 2 aromatic rings. The van der Waals surface area contributed by atoms with E-state index in [-0.39, 0.29) is 22.5 Å². The average Bonchev–Trinajstić information content (AvgIpc) is 2.44. The fourth-order valence-electron chi connectivity index (χ4n) is 1.66. The molecule has 1 heterocycles. The van der Waals surface area contributed by atoms with Gasteiger partial charge >= 0.3 is 5.91 Å². The van der Waals surface area contributed by atoms with Gasteiger partial charge in [-0.2, -0.15) is 0 Å². The van der Waals surface area contributed by atoms with Crippen molar-refractivity contribution in [1.29, 1.82) is 0 Å². The normalized spacial score (nSPS) is 10.4. The van der Waals surface area contributed by atoms with Gasteiger partial charge in [0.25, 0.3) is 5.56 Å². The zero-order valence-corrected chi connectivity index (χ0v) is 12.4. The second-order valence-electron chi connectivity index (χ2n) is 4.64. The number of aromatic nitrogens is 2. The molecule has 2 rings (SSSR count). The van der Waals surface area contributed by atoms with Crippen molar-refractivity contribution in [3.05, 3.63) is 40.4 Å². The molecule has 1 aromatic heterocycles. The standard InChI is InChI=1S/C13H15N5O2S/c1-7(2)14-13(21)18-17-12(20)10-15-9-6-4-3-5-8(9)11(19)16-10/h3-7H,1-2H3,(H,17,20)(H2,14,18,21)(H,15,16,19). The van der Waals surface area contributed by atoms with Gasteiger partial charge in [-0.15, -0.1) is 0 Å². The molecule has 0 aliphatic rings. The van der Waals surface area contributed by atoms with Crippen molar-refractivity contribution >= 4 is 34.1 Å². The summed E-state index contributed by atoms with van der Waals surface area (Å²) in [7, 11) is 0. The number of hydrogen-bond donors (Lipinski definition) is 4. The molecule has 21 heavy (non-hydrogen) atoms. The van der Waals surface area contributed by atoms with E-state index in [1.54, 1.807) is 24.3 Å². The number of rotatable bonds is 2. The van der Waals surface area contributed by atoms with Crippen LogP contribution in [0, 0.1) is 0 Å². The highest BCUT2D eigenvalue weighted by molar-refractivity contribution is 7.80. The largest absolute Gasteiger partial charge is 0.359 e. The summed E-state index contributed by atoms with van der Waals surface area (Å²) in [6.07, 6.45) is 0. The van der Waals surface area contributed by atoms with Crippen LogP contribution in [-0.2, 0) is 0 Å². The third-order valence-corrected chi connectivity index (χ3v) is 2.76. The quantitative estimate of drug-likeness (QED) is 0.475. The minimum absolute atomic E-state index is 0.0847. The SMILES string of the molecule is CC(C)NC(=S)NNC(=O)c1nc2ccccc2c(=O)[nH]1. The third kappa shape index (κ3) is 3.76. The van der Waals surface area contributed by atoms with E-state index in [1.807, 2.05) is 13.8 Å². The fraction of sp³-hybridized carbons (Fsp3) is 0.231. The third-order valence-electron chi connectivity index (χ3n) is 2.54. The molecule has 0 bridgehead atoms. The van der Waals surface area contributed by atoms with E-state index in [9.17, 15) is 9.59 Å². The minimum atomic E-state index is -0.578. The Hall–Kier alpha value is -2.48. The maximum absolute atomic E-state index is 11.9. The van der Waals surface area contributed by atoms with Crippen molar-refractivity contribution in [3.8, 4) is 0 Å². The second-order valence-corrected chi connectivity index (χ2v) is 5.05. The molecule has 7 nitrogen and oxygen atoms in total. The molecule has 0 aliphatic heterocycles. The second kappa shape index (κ2) is 6.31. The molecule has 8 heteroatoms. The van der Waals surface area contributed by atoms with Gasteiger partial charge in [0.2, 0.25) is 5.82 Å². The van der Waals surface area contributed by atoms with Gasteiger partial charge in [-0.25, -0.2) is 4.98 Å². The van der Waals surface area contributed by atoms with E-state index in [2.05, 4.69) is 26.1 Å². The van der Waals surface area contributed by atoms with Crippen LogP contribution in [0.1, 0.15) is 24.5 Å². The van der Waals surface area contributed by atoms with Crippen molar-refractivity contribution in [2.75, 3.05) is 0 Å². The highest BCUT2D eigenvalue weighted by Crippen LogP contribution is 2.05. The van der Waals surface area contributed by atoms with Gasteiger partial charge in [0.05, 0.1) is 10.9 Å². The Bertz CT molecular complexity index is 741. The molecule has 0 atom stereocenters. The highest BCUT2D eigenvalue weighted by atomic mass is 32.1. The summed E-state index contributed by atoms with van der Waals surface area (Å²) in [6, 6.07) is 6.93. The Morgan fingerprint density at radius 1 is 1.29 bits per heavy atom. The minimum Gasteiger partial charge on any atom is -0.359 e. The summed E-state index contributed by atoms with van der Waals surface area (Å²) in [4.78, 5) is 30.3. The van der Waals surface area contributed by atoms with Gasteiger partial charge in [0.1, 0.15) is 0 Å². The number of nitrogens with one attached hydrogen (secondary N) is 4. The highest BCUT2D eigenvalue weighted by Gasteiger charge is 2.11. The molecular weight excluding hydrogens is 290 g/mol. The number of carbonyl (C=O) groups excluding carboxylic acids is 1. The van der Waals surface area contributed by atoms with Crippen LogP contribution < -0.4 is 21.7 Å². The lowest BCUT2D eigenvalue weighted by atomic mass is 10.2. The van der Waals surface area contributed by atoms with Crippen LogP contribution >= 0.6 is 12.2 Å². The number of hydrogen-bond acceptors (Lipinski definition) is 4. The molecule has 0 spiro atoms. The van der Waals surface area contributed by atoms with Crippen LogP contribution in [0.4, 0.5) is 0 Å². The zero-order chi connectivity index (χ0) is 15.4. The molecular formula is C13H15N5O2S. The van der Waals surface area contributed by atoms with Crippen molar-refractivity contribution in [1.82, 2.24) is 26.1 Å². The monoisotopic (exact) mass is 305 g/mol. The Morgan fingerprint density at radius 3 is 2.71 bits per heavy atom. The molecule has 1 aromatic carbocycles. The maximum Gasteiger partial charge on any atom is 0.305 e. The van der Waals surface area contributed by atoms with Gasteiger partial charge < -0.3 is 10.3 Å². The number of nitrogens with zero attached hydrogens (tertiary/aromatic N) is 1. The number of H-pyrrole nitrogens is 1. The van der Waals surface area contributed by atoms with Gasteiger partial charge in [-0.1, -0.05) is 12.1 Å². The predicted molar refractivity (Wildman–Crippen MR) is 83.8 cm³/mol. The van der Waals surface area contributed by atoms with Crippen molar-refractivity contribution in [2.24, 2.45) is 0 Å². The van der Waals surface area contributed by atoms with Gasteiger partial charge in [0, 0.05) is 6.04 Å². The van der Waals surface area contributed by atoms with Crippen LogP contribution in [0.2, 0.25) is 0 Å². The summed E-state index contributed by atoms with van der Waals surface area (Å²) in [5, 5.41) is 3.61. The van der Waals surface area contributed by atoms with E-state index in [0.717, 1.165) is 0 Å². The smallest absolute Gasteiger partial charge is 0.305 e. The topological polar surface area (TPSA) is 98.9 Å². The van der Waals surface area contributed by atoms with E-state index in [1.165, 1.54) is 0 Å². The van der Waals surface area contributed by atoms with E-state index < -0.39 is 5.91 Å². The number of carbonyl (C=O) groups is 1. The lowest BCUT2D eigenvalue weighted by Crippen LogP contribution is -2.49. The molecule has 0 saturated heterocycles. The maximum atomic E-state index is 11.9. The van der Waals surface area contributed by atoms with Crippen LogP contribution in [0.15, 0.2) is 29.1 Å². The first-order valence-corrected chi connectivity index (χ1v) is 6.74. The van der Waals surface area contributed by atoms with Crippen molar-refractivity contribution in [3.63, 3.8) is 0 Å². The number of aromatic amines is 1. The van der Waals surface area contributed by atoms with Crippen LogP contribution in [0.5, 0.6) is 0 Å². The lowest BCUT2D eigenvalue weighted by molar-refractivity contribution is 0.0933. The van der Waals surface area contributed by atoms with Crippen molar-refractivity contribution in [2.45, 2.75) is 19.9 Å². The Morgan fingerprint density at radius 2 is 2.00 bits per heavy atom. The molecule has 0 unspecified atom stereocenters. The Labute approximate surface area is 126 Å². The van der Waals surface area contributed by atoms with Gasteiger partial charge in [-0.05, 0) is 38.2 Å². The molecule has 0 radical (unpaired) electrons. The number of para-hydroxylation sites is 1. The summed E-state index contributed by atoms with van der Waals surface area (Å²) < 4.78 is 0. The molecule has 4 N–H and O–H groups in total.